The number of benzene rings is 2. The van der Waals surface area contributed by atoms with E-state index in [4.69, 9.17) is 9.47 Å². The number of amides is 4. The van der Waals surface area contributed by atoms with Crippen LogP contribution in [0.25, 0.3) is 0 Å². The maximum Gasteiger partial charge on any atom is 0.416 e. The van der Waals surface area contributed by atoms with Crippen molar-refractivity contribution in [1.29, 1.82) is 0 Å². The van der Waals surface area contributed by atoms with Gasteiger partial charge in [0, 0.05) is 4.75 Å². The molecule has 3 atom stereocenters. The molecular formula is C27H24F3N3O7S. The first kappa shape index (κ1) is 28.5. The third-order valence-corrected chi connectivity index (χ3v) is 8.55. The van der Waals surface area contributed by atoms with E-state index in [2.05, 4.69) is 5.32 Å². The molecule has 0 aliphatic carbocycles. The highest BCUT2D eigenvalue weighted by molar-refractivity contribution is 8.01. The van der Waals surface area contributed by atoms with E-state index >= 15 is 0 Å². The molecule has 1 N–H and O–H groups in total. The molecule has 2 aromatic carbocycles. The second kappa shape index (κ2) is 10.4. The summed E-state index contributed by atoms with van der Waals surface area (Å²) in [6.07, 6.45) is -4.62. The van der Waals surface area contributed by atoms with Crippen LogP contribution < -0.4 is 10.1 Å². The number of imide groups is 1. The summed E-state index contributed by atoms with van der Waals surface area (Å²) in [4.78, 5) is 65.7. The van der Waals surface area contributed by atoms with Crippen molar-refractivity contribution in [3.8, 4) is 5.75 Å². The first-order valence-electron chi connectivity index (χ1n) is 12.5. The van der Waals surface area contributed by atoms with Crippen LogP contribution in [0.2, 0.25) is 0 Å². The third kappa shape index (κ3) is 5.23. The summed E-state index contributed by atoms with van der Waals surface area (Å²) >= 11 is 1.30. The van der Waals surface area contributed by atoms with E-state index in [1.54, 1.807) is 26.0 Å². The van der Waals surface area contributed by atoms with Gasteiger partial charge in [-0.3, -0.25) is 19.2 Å². The van der Waals surface area contributed by atoms with Crippen LogP contribution in [-0.2, 0) is 25.3 Å². The molecule has 216 valence electrons. The molecule has 0 aromatic heterocycles. The van der Waals surface area contributed by atoms with E-state index in [0.717, 1.165) is 29.2 Å². The molecule has 5 rings (SSSR count). The summed E-state index contributed by atoms with van der Waals surface area (Å²) < 4.78 is 47.9. The number of β-lactam (4-membered cyclic amide) rings is 1. The zero-order chi connectivity index (χ0) is 29.7. The van der Waals surface area contributed by atoms with E-state index in [-0.39, 0.29) is 29.9 Å². The molecule has 0 saturated carbocycles. The number of fused-ring (bicyclic) bond motifs is 2. The summed E-state index contributed by atoms with van der Waals surface area (Å²) in [5, 5.41) is 2.07. The summed E-state index contributed by atoms with van der Waals surface area (Å²) in [6.45, 7) is 2.76. The Kier molecular flexibility index (Phi) is 7.22. The van der Waals surface area contributed by atoms with Gasteiger partial charge in [0.2, 0.25) is 11.8 Å². The first-order valence-corrected chi connectivity index (χ1v) is 13.4. The number of rotatable bonds is 8. The molecule has 10 nitrogen and oxygen atoms in total. The van der Waals surface area contributed by atoms with Crippen LogP contribution in [0.1, 0.15) is 46.5 Å². The van der Waals surface area contributed by atoms with Gasteiger partial charge < -0.3 is 19.7 Å². The Bertz CT molecular complexity index is 1390. The van der Waals surface area contributed by atoms with Gasteiger partial charge in [-0.1, -0.05) is 12.1 Å². The van der Waals surface area contributed by atoms with Gasteiger partial charge in [0.1, 0.15) is 23.2 Å². The molecule has 3 aliphatic heterocycles. The fourth-order valence-electron chi connectivity index (χ4n) is 4.94. The lowest BCUT2D eigenvalue weighted by atomic mass is 9.96. The van der Waals surface area contributed by atoms with Crippen molar-refractivity contribution in [2.24, 2.45) is 0 Å². The first-order chi connectivity index (χ1) is 19.3. The summed E-state index contributed by atoms with van der Waals surface area (Å²) in [5.74, 6) is -2.79. The lowest BCUT2D eigenvalue weighted by molar-refractivity contribution is -0.166. The molecule has 2 unspecified atom stereocenters. The second-order valence-corrected chi connectivity index (χ2v) is 11.9. The van der Waals surface area contributed by atoms with Gasteiger partial charge in [-0.2, -0.15) is 13.2 Å². The van der Waals surface area contributed by atoms with Crippen LogP contribution in [-0.4, -0.2) is 74.9 Å². The fourth-order valence-corrected chi connectivity index (χ4v) is 6.56. The van der Waals surface area contributed by atoms with Gasteiger partial charge in [-0.15, -0.1) is 11.8 Å². The van der Waals surface area contributed by atoms with E-state index in [1.165, 1.54) is 28.8 Å². The van der Waals surface area contributed by atoms with Crippen LogP contribution >= 0.6 is 11.8 Å². The number of thioether (sulfide) groups is 1. The number of alkyl halides is 3. The number of carbonyl (C=O) groups is 5. The minimum Gasteiger partial charge on any atom is -0.493 e. The molecule has 14 heteroatoms. The monoisotopic (exact) mass is 591 g/mol. The molecule has 4 amide bonds. The molecule has 2 saturated heterocycles. The Morgan fingerprint density at radius 2 is 1.61 bits per heavy atom. The van der Waals surface area contributed by atoms with E-state index in [1.807, 2.05) is 0 Å². The van der Waals surface area contributed by atoms with Crippen molar-refractivity contribution in [3.05, 3.63) is 65.2 Å². The molecule has 0 radical (unpaired) electrons. The van der Waals surface area contributed by atoms with E-state index in [9.17, 15) is 37.1 Å². The Labute approximate surface area is 236 Å². The third-order valence-electron chi connectivity index (χ3n) is 6.97. The zero-order valence-corrected chi connectivity index (χ0v) is 22.6. The summed E-state index contributed by atoms with van der Waals surface area (Å²) in [6, 6.07) is 8.39. The van der Waals surface area contributed by atoms with Gasteiger partial charge in [0.05, 0.1) is 29.7 Å². The van der Waals surface area contributed by atoms with Gasteiger partial charge >= 0.3 is 12.1 Å². The van der Waals surface area contributed by atoms with Gasteiger partial charge in [0.15, 0.2) is 6.73 Å². The van der Waals surface area contributed by atoms with Crippen molar-refractivity contribution in [2.45, 2.75) is 48.6 Å². The van der Waals surface area contributed by atoms with Gasteiger partial charge in [-0.25, -0.2) is 9.69 Å². The summed E-state index contributed by atoms with van der Waals surface area (Å²) in [5.41, 5.74) is -0.392. The number of halogens is 3. The van der Waals surface area contributed by atoms with Crippen LogP contribution in [0.15, 0.2) is 48.5 Å². The molecule has 0 bridgehead atoms. The van der Waals surface area contributed by atoms with Crippen LogP contribution in [0.4, 0.5) is 13.2 Å². The number of hydrogen-bond acceptors (Lipinski definition) is 8. The number of hydrogen-bond donors (Lipinski definition) is 1. The molecule has 3 heterocycles. The minimum atomic E-state index is -4.47. The van der Waals surface area contributed by atoms with Gasteiger partial charge in [0.25, 0.3) is 11.8 Å². The van der Waals surface area contributed by atoms with E-state index < -0.39 is 70.3 Å². The van der Waals surface area contributed by atoms with Crippen molar-refractivity contribution in [2.75, 3.05) is 13.3 Å². The van der Waals surface area contributed by atoms with Crippen LogP contribution in [0, 0.1) is 0 Å². The maximum absolute atomic E-state index is 13.1. The maximum atomic E-state index is 13.1. The second-order valence-electron chi connectivity index (χ2n) is 10.1. The Morgan fingerprint density at radius 1 is 1.00 bits per heavy atom. The normalized spacial score (nSPS) is 22.7. The number of carbonyl (C=O) groups excluding carboxylic acids is 5. The number of ether oxygens (including phenoxy) is 2. The predicted octanol–water partition coefficient (Wildman–Crippen LogP) is 2.82. The van der Waals surface area contributed by atoms with Crippen molar-refractivity contribution in [3.63, 3.8) is 0 Å². The predicted molar refractivity (Wildman–Crippen MR) is 137 cm³/mol. The Morgan fingerprint density at radius 3 is 2.20 bits per heavy atom. The molecule has 0 spiro atoms. The SMILES string of the molecule is CC1(C)S[C@@H]2C(NC(=O)CCOc3ccc(C(F)(F)F)cc3)C(=O)N2C1C(=O)OCN1C(=O)c2ccccc2C1=O. The van der Waals surface area contributed by atoms with E-state index in [0.29, 0.717) is 0 Å². The Balaban J connectivity index is 1.13. The highest BCUT2D eigenvalue weighted by Crippen LogP contribution is 2.51. The smallest absolute Gasteiger partial charge is 0.416 e. The topological polar surface area (TPSA) is 122 Å². The molecule has 41 heavy (non-hydrogen) atoms. The van der Waals surface area contributed by atoms with Gasteiger partial charge in [-0.05, 0) is 50.2 Å². The van der Waals surface area contributed by atoms with Crippen LogP contribution in [0.5, 0.6) is 5.75 Å². The lowest BCUT2D eigenvalue weighted by Gasteiger charge is -2.44. The average Bonchev–Trinajstić information content (AvgIpc) is 3.32. The van der Waals surface area contributed by atoms with Crippen molar-refractivity contribution in [1.82, 2.24) is 15.1 Å². The zero-order valence-electron chi connectivity index (χ0n) is 21.8. The number of nitrogens with zero attached hydrogens (tertiary/aromatic N) is 2. The minimum absolute atomic E-state index is 0.127. The highest BCUT2D eigenvalue weighted by atomic mass is 32.2. The average molecular weight is 592 g/mol. The Hall–Kier alpha value is -4.07. The molecular weight excluding hydrogens is 567 g/mol. The molecule has 2 fully saturated rings. The van der Waals surface area contributed by atoms with Crippen molar-refractivity contribution >= 4 is 41.4 Å². The quantitative estimate of drug-likeness (QED) is 0.283. The molecule has 2 aromatic rings. The lowest BCUT2D eigenvalue weighted by Crippen LogP contribution is -2.70. The van der Waals surface area contributed by atoms with Crippen LogP contribution in [0.3, 0.4) is 0 Å². The summed E-state index contributed by atoms with van der Waals surface area (Å²) in [7, 11) is 0. The number of nitrogens with one attached hydrogen (secondary N) is 1. The fraction of sp³-hybridized carbons (Fsp3) is 0.370. The highest BCUT2D eigenvalue weighted by Gasteiger charge is 2.64. The van der Waals surface area contributed by atoms with Crippen molar-refractivity contribution < 1.29 is 46.6 Å². The standard InChI is InChI=1S/C27H24F3N3O7S/c1-26(2)20(25(38)40-13-32-21(35)16-5-3-4-6-17(16)22(32)36)33-23(37)19(24(33)41-26)31-18(34)11-12-39-15-9-7-14(8-10-15)27(28,29)30/h3-10,19-20,24H,11-13H2,1-2H3,(H,31,34)/t19?,20?,24-/m1/s1. The molecule has 3 aliphatic rings. The largest absolute Gasteiger partial charge is 0.493 e. The number of esters is 1.